The zero-order valence-electron chi connectivity index (χ0n) is 17.2. The van der Waals surface area contributed by atoms with Crippen molar-refractivity contribution in [1.82, 2.24) is 4.90 Å². The Balaban J connectivity index is 1.38. The van der Waals surface area contributed by atoms with E-state index in [0.29, 0.717) is 17.2 Å². The molecule has 0 radical (unpaired) electrons. The first kappa shape index (κ1) is 19.5. The van der Waals surface area contributed by atoms with Gasteiger partial charge in [-0.2, -0.15) is 0 Å². The number of carbonyl (C=O) groups excluding carboxylic acids is 2. The second-order valence-corrected chi connectivity index (χ2v) is 8.54. The lowest BCUT2D eigenvalue weighted by Crippen LogP contribution is -2.42. The maximum Gasteiger partial charge on any atom is 0.253 e. The van der Waals surface area contributed by atoms with Crippen LogP contribution in [-0.2, 0) is 11.2 Å². The van der Waals surface area contributed by atoms with Gasteiger partial charge in [-0.05, 0) is 54.9 Å². The summed E-state index contributed by atoms with van der Waals surface area (Å²) in [5.41, 5.74) is 3.57. The van der Waals surface area contributed by atoms with Gasteiger partial charge in [0.25, 0.3) is 5.91 Å². The number of benzene rings is 2. The number of piperidine rings is 1. The van der Waals surface area contributed by atoms with Crippen LogP contribution in [-0.4, -0.2) is 35.8 Å². The molecule has 2 aromatic rings. The van der Waals surface area contributed by atoms with Crippen molar-refractivity contribution >= 4 is 23.2 Å². The van der Waals surface area contributed by atoms with Crippen molar-refractivity contribution in [1.29, 1.82) is 0 Å². The Bertz CT molecular complexity index is 886. The van der Waals surface area contributed by atoms with Gasteiger partial charge in [0.15, 0.2) is 0 Å². The summed E-state index contributed by atoms with van der Waals surface area (Å²) in [5, 5.41) is 6.24. The van der Waals surface area contributed by atoms with Gasteiger partial charge in [0.05, 0.1) is 11.4 Å². The molecule has 0 bridgehead atoms. The molecule has 2 amide bonds. The minimum Gasteiger partial charge on any atom is -0.372 e. The van der Waals surface area contributed by atoms with Crippen molar-refractivity contribution in [3.63, 3.8) is 0 Å². The summed E-state index contributed by atoms with van der Waals surface area (Å²) in [6, 6.07) is 15.9. The average Bonchev–Trinajstić information content (AvgIpc) is 2.73. The van der Waals surface area contributed by atoms with E-state index in [1.165, 1.54) is 5.56 Å². The Labute approximate surface area is 172 Å². The smallest absolute Gasteiger partial charge is 0.253 e. The predicted molar refractivity (Wildman–Crippen MR) is 116 cm³/mol. The lowest BCUT2D eigenvalue weighted by Gasteiger charge is -2.33. The quantitative estimate of drug-likeness (QED) is 0.822. The Kier molecular flexibility index (Phi) is 5.56. The number of carbonyl (C=O) groups is 2. The molecule has 1 atom stereocenters. The number of amides is 2. The van der Waals surface area contributed by atoms with Crippen LogP contribution in [0.5, 0.6) is 0 Å². The number of anilines is 2. The van der Waals surface area contributed by atoms with Crippen LogP contribution in [0.4, 0.5) is 11.4 Å². The fraction of sp³-hybridized carbons (Fsp3) is 0.417. The maximum atomic E-state index is 13.0. The average molecular weight is 392 g/mol. The second-order valence-electron chi connectivity index (χ2n) is 8.54. The molecule has 0 aromatic heterocycles. The molecule has 1 unspecified atom stereocenters. The molecule has 5 heteroatoms. The standard InChI is InChI=1S/C24H29N3O2/c1-16(2)22-23(28)26-21-15-19(8-9-20(21)25-22)24(29)27-12-10-18(11-13-27)14-17-6-4-3-5-7-17/h3-9,15-16,18,22,25H,10-14H2,1-2H3,(H,26,28). The molecular weight excluding hydrogens is 362 g/mol. The number of likely N-dealkylation sites (tertiary alicyclic amines) is 1. The van der Waals surface area contributed by atoms with Crippen LogP contribution in [0, 0.1) is 11.8 Å². The number of fused-ring (bicyclic) bond motifs is 1. The number of nitrogens with one attached hydrogen (secondary N) is 2. The molecule has 29 heavy (non-hydrogen) atoms. The monoisotopic (exact) mass is 391 g/mol. The van der Waals surface area contributed by atoms with Crippen LogP contribution in [0.25, 0.3) is 0 Å². The third-order valence-electron chi connectivity index (χ3n) is 6.05. The molecule has 2 aliphatic heterocycles. The molecule has 2 N–H and O–H groups in total. The topological polar surface area (TPSA) is 61.4 Å². The molecule has 2 aliphatic rings. The molecule has 0 saturated carbocycles. The van der Waals surface area contributed by atoms with Gasteiger partial charge < -0.3 is 15.5 Å². The first-order valence-corrected chi connectivity index (χ1v) is 10.6. The molecule has 2 aromatic carbocycles. The first-order chi connectivity index (χ1) is 14.0. The minimum atomic E-state index is -0.243. The van der Waals surface area contributed by atoms with Crippen molar-refractivity contribution in [3.05, 3.63) is 59.7 Å². The molecule has 5 nitrogen and oxygen atoms in total. The highest BCUT2D eigenvalue weighted by Crippen LogP contribution is 2.31. The molecular formula is C24H29N3O2. The molecule has 0 aliphatic carbocycles. The highest BCUT2D eigenvalue weighted by molar-refractivity contribution is 6.05. The summed E-state index contributed by atoms with van der Waals surface area (Å²) in [7, 11) is 0. The van der Waals surface area contributed by atoms with E-state index >= 15 is 0 Å². The normalized spacial score (nSPS) is 19.5. The summed E-state index contributed by atoms with van der Waals surface area (Å²) >= 11 is 0. The van der Waals surface area contributed by atoms with Gasteiger partial charge in [-0.3, -0.25) is 9.59 Å². The zero-order chi connectivity index (χ0) is 20.4. The highest BCUT2D eigenvalue weighted by atomic mass is 16.2. The molecule has 2 heterocycles. The SMILES string of the molecule is CC(C)C1Nc2ccc(C(=O)N3CCC(Cc4ccccc4)CC3)cc2NC1=O. The van der Waals surface area contributed by atoms with Gasteiger partial charge in [0.2, 0.25) is 5.91 Å². The van der Waals surface area contributed by atoms with Gasteiger partial charge in [0.1, 0.15) is 6.04 Å². The minimum absolute atomic E-state index is 0.0428. The fourth-order valence-corrected chi connectivity index (χ4v) is 4.29. The van der Waals surface area contributed by atoms with Crippen LogP contribution >= 0.6 is 0 Å². The Morgan fingerprint density at radius 2 is 1.79 bits per heavy atom. The fourth-order valence-electron chi connectivity index (χ4n) is 4.29. The number of hydrogen-bond donors (Lipinski definition) is 2. The second kappa shape index (κ2) is 8.27. The van der Waals surface area contributed by atoms with Crippen LogP contribution in [0.2, 0.25) is 0 Å². The molecule has 4 rings (SSSR count). The third-order valence-corrected chi connectivity index (χ3v) is 6.05. The summed E-state index contributed by atoms with van der Waals surface area (Å²) in [5.74, 6) is 0.827. The Morgan fingerprint density at radius 1 is 1.07 bits per heavy atom. The highest BCUT2D eigenvalue weighted by Gasteiger charge is 2.29. The van der Waals surface area contributed by atoms with E-state index in [1.807, 2.05) is 36.9 Å². The number of hydrogen-bond acceptors (Lipinski definition) is 3. The lowest BCUT2D eigenvalue weighted by molar-refractivity contribution is -0.117. The van der Waals surface area contributed by atoms with Gasteiger partial charge in [-0.15, -0.1) is 0 Å². The Hall–Kier alpha value is -2.82. The van der Waals surface area contributed by atoms with Gasteiger partial charge >= 0.3 is 0 Å². The summed E-state index contributed by atoms with van der Waals surface area (Å²) in [6.07, 6.45) is 3.14. The predicted octanol–water partition coefficient (Wildman–Crippen LogP) is 4.17. The van der Waals surface area contributed by atoms with E-state index in [0.717, 1.165) is 38.0 Å². The van der Waals surface area contributed by atoms with E-state index < -0.39 is 0 Å². The van der Waals surface area contributed by atoms with E-state index in [2.05, 4.69) is 34.9 Å². The molecule has 1 fully saturated rings. The summed E-state index contributed by atoms with van der Waals surface area (Å²) in [6.45, 7) is 5.60. The zero-order valence-corrected chi connectivity index (χ0v) is 17.2. The van der Waals surface area contributed by atoms with Crippen LogP contribution in [0.15, 0.2) is 48.5 Å². The summed E-state index contributed by atoms with van der Waals surface area (Å²) in [4.78, 5) is 27.2. The van der Waals surface area contributed by atoms with Crippen molar-refractivity contribution in [2.45, 2.75) is 39.2 Å². The van der Waals surface area contributed by atoms with E-state index in [-0.39, 0.29) is 23.8 Å². The molecule has 1 saturated heterocycles. The molecule has 152 valence electrons. The van der Waals surface area contributed by atoms with Crippen LogP contribution < -0.4 is 10.6 Å². The number of rotatable bonds is 4. The van der Waals surface area contributed by atoms with Crippen LogP contribution in [0.1, 0.15) is 42.6 Å². The van der Waals surface area contributed by atoms with Gasteiger partial charge in [0, 0.05) is 18.7 Å². The summed E-state index contributed by atoms with van der Waals surface area (Å²) < 4.78 is 0. The van der Waals surface area contributed by atoms with E-state index in [4.69, 9.17) is 0 Å². The van der Waals surface area contributed by atoms with Gasteiger partial charge in [-0.25, -0.2) is 0 Å². The van der Waals surface area contributed by atoms with Gasteiger partial charge in [-0.1, -0.05) is 44.2 Å². The van der Waals surface area contributed by atoms with E-state index in [1.54, 1.807) is 6.07 Å². The van der Waals surface area contributed by atoms with Crippen molar-refractivity contribution in [2.75, 3.05) is 23.7 Å². The molecule has 0 spiro atoms. The van der Waals surface area contributed by atoms with E-state index in [9.17, 15) is 9.59 Å². The maximum absolute atomic E-state index is 13.0. The lowest BCUT2D eigenvalue weighted by atomic mass is 9.90. The number of nitrogens with zero attached hydrogens (tertiary/aromatic N) is 1. The van der Waals surface area contributed by atoms with Crippen LogP contribution in [0.3, 0.4) is 0 Å². The largest absolute Gasteiger partial charge is 0.372 e. The van der Waals surface area contributed by atoms with Crippen molar-refractivity contribution in [3.8, 4) is 0 Å². The van der Waals surface area contributed by atoms with Crippen molar-refractivity contribution in [2.24, 2.45) is 11.8 Å². The Morgan fingerprint density at radius 3 is 2.48 bits per heavy atom. The van der Waals surface area contributed by atoms with Crippen molar-refractivity contribution < 1.29 is 9.59 Å². The third kappa shape index (κ3) is 4.29. The first-order valence-electron chi connectivity index (χ1n) is 10.6.